The van der Waals surface area contributed by atoms with E-state index in [-0.39, 0.29) is 30.2 Å². The molecule has 0 radical (unpaired) electrons. The van der Waals surface area contributed by atoms with Crippen LogP contribution in [0.2, 0.25) is 52.4 Å². The molecule has 2 aliphatic rings. The van der Waals surface area contributed by atoms with Gasteiger partial charge < -0.3 is 24.8 Å². The molecule has 6 heteroatoms. The van der Waals surface area contributed by atoms with Gasteiger partial charge in [0.15, 0.2) is 0 Å². The Labute approximate surface area is 382 Å². The van der Waals surface area contributed by atoms with Crippen molar-refractivity contribution in [2.45, 2.75) is 130 Å². The standard InChI is InChI=1S/2C25H31Si.C2H6Si.2ClH.Zr/c2*1-5-25(14-7-15-25)18-19-16-21-8-6-9-23(24(21)17-19)20-10-12-22(13-11-20)26(2,3)4;1-3-2;;;/h2*6,8-13,16-17H,5,7,14-15,18H2,1-4H3;1-2H3;2*1H;/q2*-1;;;;+2/p-2. The topological polar surface area (TPSA) is 0 Å². The van der Waals surface area contributed by atoms with Crippen molar-refractivity contribution < 1.29 is 48.1 Å². The van der Waals surface area contributed by atoms with Crippen LogP contribution in [0.3, 0.4) is 0 Å². The third-order valence-corrected chi connectivity index (χ3v) is 17.4. The molecule has 6 aromatic carbocycles. The molecule has 308 valence electrons. The first kappa shape index (κ1) is 48.9. The molecule has 2 saturated carbocycles. The summed E-state index contributed by atoms with van der Waals surface area (Å²) in [5, 5.41) is 8.72. The largest absolute Gasteiger partial charge is 1.00 e. The first-order valence-corrected chi connectivity index (χ1v) is 34.8. The number of fused-ring (bicyclic) bond motifs is 2. The molecule has 2 aliphatic carbocycles. The minimum Gasteiger partial charge on any atom is -1.00 e. The Kier molecular flexibility index (Phi) is 17.2. The monoisotopic (exact) mass is 936 g/mol. The second-order valence-electron chi connectivity index (χ2n) is 19.8. The SMILES string of the molecule is CCC1(Cc2cc3c(-c4ccc([Si](C)(C)C)cc4)cccc3[cH-]2)CCC1.CCC1(Cc2cc3c(-c4ccc([Si](C)(C)C)cc4)cccc3[cH-]2)CCC1.C[Si](C)=[Zr+2].[Cl-].[Cl-]. The number of rotatable bonds is 10. The van der Waals surface area contributed by atoms with Gasteiger partial charge in [-0.2, -0.15) is 12.1 Å². The molecule has 0 spiro atoms. The zero-order valence-corrected chi connectivity index (χ0v) is 44.2. The van der Waals surface area contributed by atoms with Crippen LogP contribution in [-0.2, 0) is 36.2 Å². The van der Waals surface area contributed by atoms with E-state index >= 15 is 0 Å². The molecule has 0 heterocycles. The molecule has 8 rings (SSSR count). The van der Waals surface area contributed by atoms with Crippen molar-refractivity contribution in [1.82, 2.24) is 0 Å². The van der Waals surface area contributed by atoms with Crippen LogP contribution in [0, 0.1) is 10.8 Å². The molecule has 0 aromatic heterocycles. The maximum atomic E-state index is 2.47. The van der Waals surface area contributed by atoms with Crippen LogP contribution < -0.4 is 35.2 Å². The van der Waals surface area contributed by atoms with E-state index < -0.39 is 16.1 Å². The van der Waals surface area contributed by atoms with Gasteiger partial charge in [-0.15, -0.1) is 69.1 Å². The molecule has 6 aromatic rings. The summed E-state index contributed by atoms with van der Waals surface area (Å²) in [5.74, 6) is 0. The predicted molar refractivity (Wildman–Crippen MR) is 254 cm³/mol. The van der Waals surface area contributed by atoms with Crippen molar-refractivity contribution in [2.75, 3.05) is 0 Å². The summed E-state index contributed by atoms with van der Waals surface area (Å²) in [5.41, 5.74) is 9.92. The maximum Gasteiger partial charge on any atom is -1.00 e. The second kappa shape index (κ2) is 20.4. The van der Waals surface area contributed by atoms with Crippen molar-refractivity contribution in [1.29, 1.82) is 0 Å². The van der Waals surface area contributed by atoms with Gasteiger partial charge in [0.2, 0.25) is 0 Å². The van der Waals surface area contributed by atoms with Gasteiger partial charge in [0, 0.05) is 0 Å². The smallest absolute Gasteiger partial charge is 1.00 e. The van der Waals surface area contributed by atoms with Gasteiger partial charge in [-0.1, -0.05) is 161 Å². The summed E-state index contributed by atoms with van der Waals surface area (Å²) in [6, 6.07) is 42.1. The summed E-state index contributed by atoms with van der Waals surface area (Å²) < 4.78 is 0. The molecule has 0 amide bonds. The van der Waals surface area contributed by atoms with Gasteiger partial charge >= 0.3 is 41.9 Å². The number of halogens is 2. The van der Waals surface area contributed by atoms with Crippen LogP contribution in [0.4, 0.5) is 0 Å². The molecule has 0 aliphatic heterocycles. The normalized spacial score (nSPS) is 15.4. The molecule has 2 fully saturated rings. The van der Waals surface area contributed by atoms with Crippen molar-refractivity contribution in [2.24, 2.45) is 10.8 Å². The molecule has 0 N–H and O–H groups in total. The van der Waals surface area contributed by atoms with Crippen LogP contribution in [-0.4, -0.2) is 21.6 Å². The molecular weight excluding hydrogens is 871 g/mol. The fourth-order valence-corrected chi connectivity index (χ4v) is 11.5. The van der Waals surface area contributed by atoms with E-state index in [4.69, 9.17) is 0 Å². The number of hydrogen-bond acceptors (Lipinski definition) is 0. The summed E-state index contributed by atoms with van der Waals surface area (Å²) in [6.45, 7) is 23.8. The molecule has 58 heavy (non-hydrogen) atoms. The minimum atomic E-state index is -1.24. The summed E-state index contributed by atoms with van der Waals surface area (Å²) in [4.78, 5) is 0. The van der Waals surface area contributed by atoms with Gasteiger partial charge in [-0.3, -0.25) is 0 Å². The fraction of sp³-hybridized carbons (Fsp3) is 0.423. The summed E-state index contributed by atoms with van der Waals surface area (Å²) in [7, 11) is -2.47. The number of benzene rings is 4. The van der Waals surface area contributed by atoms with Crippen LogP contribution in [0.1, 0.15) is 76.3 Å². The van der Waals surface area contributed by atoms with Gasteiger partial charge in [0.05, 0.1) is 16.1 Å². The van der Waals surface area contributed by atoms with E-state index in [0.717, 1.165) is 0 Å². The Morgan fingerprint density at radius 1 is 0.552 bits per heavy atom. The zero-order chi connectivity index (χ0) is 40.3. The molecule has 0 saturated heterocycles. The average Bonchev–Trinajstić information content (AvgIpc) is 3.74. The Bertz CT molecular complexity index is 2070. The first-order valence-electron chi connectivity index (χ1n) is 21.6. The van der Waals surface area contributed by atoms with Crippen LogP contribution in [0.5, 0.6) is 0 Å². The van der Waals surface area contributed by atoms with Gasteiger partial charge in [-0.05, 0) is 60.5 Å². The average molecular weight is 940 g/mol. The van der Waals surface area contributed by atoms with Crippen LogP contribution in [0.25, 0.3) is 43.8 Å². The van der Waals surface area contributed by atoms with Gasteiger partial charge in [-0.25, -0.2) is 0 Å². The third-order valence-electron chi connectivity index (χ3n) is 13.2. The Balaban J connectivity index is 0.000000228. The maximum absolute atomic E-state index is 2.47. The van der Waals surface area contributed by atoms with Gasteiger partial charge in [0.1, 0.15) is 0 Å². The van der Waals surface area contributed by atoms with Crippen molar-refractivity contribution in [3.8, 4) is 22.3 Å². The second-order valence-corrected chi connectivity index (χ2v) is 39.3. The van der Waals surface area contributed by atoms with Crippen molar-refractivity contribution >= 4 is 53.5 Å². The minimum absolute atomic E-state index is 0. The predicted octanol–water partition coefficient (Wildman–Crippen LogP) is 8.58. The van der Waals surface area contributed by atoms with Crippen molar-refractivity contribution in [3.05, 3.63) is 120 Å². The van der Waals surface area contributed by atoms with E-state index in [1.165, 1.54) is 130 Å². The van der Waals surface area contributed by atoms with E-state index in [2.05, 4.69) is 175 Å². The Hall–Kier alpha value is -1.79. The molecule has 0 bridgehead atoms. The van der Waals surface area contributed by atoms with E-state index in [1.54, 1.807) is 23.3 Å². The van der Waals surface area contributed by atoms with E-state index in [9.17, 15) is 0 Å². The molecule has 0 unspecified atom stereocenters. The zero-order valence-electron chi connectivity index (χ0n) is 37.2. The fourth-order valence-electron chi connectivity index (χ4n) is 9.13. The molecular formula is C52H68Cl2Si3Zr-2. The molecule has 0 atom stereocenters. The Morgan fingerprint density at radius 3 is 1.14 bits per heavy atom. The summed E-state index contributed by atoms with van der Waals surface area (Å²) in [6.07, 6.45) is 13.6. The number of hydrogen-bond donors (Lipinski definition) is 0. The molecule has 0 nitrogen and oxygen atoms in total. The quantitative estimate of drug-likeness (QED) is 0.0955. The Morgan fingerprint density at radius 2 is 0.879 bits per heavy atom. The first-order chi connectivity index (χ1) is 26.5. The van der Waals surface area contributed by atoms with Gasteiger partial charge in [0.25, 0.3) is 0 Å². The third kappa shape index (κ3) is 11.8. The summed E-state index contributed by atoms with van der Waals surface area (Å²) >= 11 is 1.74. The van der Waals surface area contributed by atoms with Crippen molar-refractivity contribution in [3.63, 3.8) is 0 Å². The van der Waals surface area contributed by atoms with E-state index in [1.807, 2.05) is 0 Å². The van der Waals surface area contributed by atoms with Crippen LogP contribution >= 0.6 is 0 Å². The van der Waals surface area contributed by atoms with E-state index in [0.29, 0.717) is 10.8 Å². The van der Waals surface area contributed by atoms with Crippen LogP contribution in [0.15, 0.2) is 109 Å².